The maximum absolute atomic E-state index is 12.1. The summed E-state index contributed by atoms with van der Waals surface area (Å²) in [6, 6.07) is 7.34. The van der Waals surface area contributed by atoms with E-state index in [1.165, 1.54) is 7.11 Å². The Kier molecular flexibility index (Phi) is 4.61. The van der Waals surface area contributed by atoms with Gasteiger partial charge in [0.2, 0.25) is 0 Å². The summed E-state index contributed by atoms with van der Waals surface area (Å²) < 4.78 is 5.33. The number of rotatable bonds is 3. The zero-order valence-corrected chi connectivity index (χ0v) is 12.9. The van der Waals surface area contributed by atoms with E-state index in [0.717, 1.165) is 26.7 Å². The molecule has 0 atom stereocenters. The second kappa shape index (κ2) is 6.23. The summed E-state index contributed by atoms with van der Waals surface area (Å²) in [7, 11) is 1.21. The van der Waals surface area contributed by atoms with Crippen molar-refractivity contribution < 1.29 is 19.1 Å². The van der Waals surface area contributed by atoms with Gasteiger partial charge >= 0.3 is 5.97 Å². The molecule has 1 aliphatic rings. The van der Waals surface area contributed by atoms with Crippen LogP contribution in [0.4, 0.5) is 4.79 Å². The Morgan fingerprint density at radius 2 is 2.20 bits per heavy atom. The Morgan fingerprint density at radius 3 is 2.85 bits per heavy atom. The minimum absolute atomic E-state index is 0.289. The van der Waals surface area contributed by atoms with Gasteiger partial charge in [0.25, 0.3) is 11.1 Å². The number of ether oxygens (including phenoxy) is 1. The average Bonchev–Trinajstić information content (AvgIpc) is 2.66. The summed E-state index contributed by atoms with van der Waals surface area (Å²) in [5, 5.41) is -0.471. The Hall–Kier alpha value is -1.60. The van der Waals surface area contributed by atoms with Crippen LogP contribution in [0.2, 0.25) is 0 Å². The number of esters is 1. The van der Waals surface area contributed by atoms with Gasteiger partial charge in [-0.2, -0.15) is 0 Å². The van der Waals surface area contributed by atoms with E-state index in [1.54, 1.807) is 6.08 Å². The highest BCUT2D eigenvalue weighted by atomic mass is 79.9. The van der Waals surface area contributed by atoms with E-state index in [9.17, 15) is 14.4 Å². The smallest absolute Gasteiger partial charge is 0.325 e. The van der Waals surface area contributed by atoms with Gasteiger partial charge in [-0.15, -0.1) is 0 Å². The summed E-state index contributed by atoms with van der Waals surface area (Å²) in [6.45, 7) is -0.364. The van der Waals surface area contributed by atoms with Gasteiger partial charge < -0.3 is 4.74 Å². The molecule has 1 aromatic carbocycles. The Bertz CT molecular complexity index is 614. The highest BCUT2D eigenvalue weighted by molar-refractivity contribution is 9.10. The number of carbonyl (C=O) groups is 3. The number of halogens is 1. The fourth-order valence-corrected chi connectivity index (χ4v) is 2.83. The van der Waals surface area contributed by atoms with Gasteiger partial charge in [0.1, 0.15) is 6.54 Å². The summed E-state index contributed by atoms with van der Waals surface area (Å²) in [5.74, 6) is -1.11. The van der Waals surface area contributed by atoms with Crippen LogP contribution >= 0.6 is 27.7 Å². The molecular weight excluding hydrogens is 346 g/mol. The molecule has 0 radical (unpaired) electrons. The van der Waals surface area contributed by atoms with Gasteiger partial charge in [-0.25, -0.2) is 0 Å². The number of hydrogen-bond donors (Lipinski definition) is 0. The van der Waals surface area contributed by atoms with Crippen LogP contribution in [-0.2, 0) is 14.3 Å². The summed E-state index contributed by atoms with van der Waals surface area (Å²) >= 11 is 4.14. The number of methoxy groups -OCH3 is 1. The number of thioether (sulfide) groups is 1. The molecule has 2 amide bonds. The second-order valence-corrected chi connectivity index (χ2v) is 5.81. The fourth-order valence-electron chi connectivity index (χ4n) is 1.58. The predicted molar refractivity (Wildman–Crippen MR) is 78.8 cm³/mol. The van der Waals surface area contributed by atoms with E-state index in [-0.39, 0.29) is 11.4 Å². The van der Waals surface area contributed by atoms with Crippen LogP contribution in [0.5, 0.6) is 0 Å². The first-order chi connectivity index (χ1) is 9.51. The maximum atomic E-state index is 12.1. The first kappa shape index (κ1) is 14.8. The largest absolute Gasteiger partial charge is 0.468 e. The Morgan fingerprint density at radius 1 is 1.45 bits per heavy atom. The van der Waals surface area contributed by atoms with Gasteiger partial charge in [-0.05, 0) is 35.5 Å². The molecule has 0 saturated carbocycles. The van der Waals surface area contributed by atoms with Crippen molar-refractivity contribution in [3.63, 3.8) is 0 Å². The van der Waals surface area contributed by atoms with Crippen LogP contribution in [0.3, 0.4) is 0 Å². The highest BCUT2D eigenvalue weighted by Gasteiger charge is 2.36. The lowest BCUT2D eigenvalue weighted by Crippen LogP contribution is -2.34. The molecule has 0 N–H and O–H groups in total. The standard InChI is InChI=1S/C13H10BrNO4S/c1-19-11(16)7-15-12(17)10(20-13(15)18)6-8-3-2-4-9(14)5-8/h2-6H,7H2,1H3/b10-6-. The van der Waals surface area contributed by atoms with Gasteiger partial charge in [-0.1, -0.05) is 28.1 Å². The monoisotopic (exact) mass is 355 g/mol. The molecule has 0 aliphatic carbocycles. The van der Waals surface area contributed by atoms with Crippen LogP contribution in [0, 0.1) is 0 Å². The molecule has 0 unspecified atom stereocenters. The minimum Gasteiger partial charge on any atom is -0.468 e. The van der Waals surface area contributed by atoms with Crippen molar-refractivity contribution >= 4 is 50.9 Å². The average molecular weight is 356 g/mol. The molecule has 1 fully saturated rings. The third-order valence-electron chi connectivity index (χ3n) is 2.53. The zero-order chi connectivity index (χ0) is 14.7. The molecule has 1 aliphatic heterocycles. The Labute approximate surface area is 128 Å². The molecule has 1 saturated heterocycles. The lowest BCUT2D eigenvalue weighted by molar-refractivity contribution is -0.143. The van der Waals surface area contributed by atoms with Crippen LogP contribution < -0.4 is 0 Å². The molecule has 20 heavy (non-hydrogen) atoms. The summed E-state index contributed by atoms with van der Waals surface area (Å²) in [5.41, 5.74) is 0.794. The number of hydrogen-bond acceptors (Lipinski definition) is 5. The van der Waals surface area contributed by atoms with E-state index in [1.807, 2.05) is 24.3 Å². The molecule has 5 nitrogen and oxygen atoms in total. The third kappa shape index (κ3) is 3.29. The summed E-state index contributed by atoms with van der Waals surface area (Å²) in [6.07, 6.45) is 1.62. The van der Waals surface area contributed by atoms with Crippen molar-refractivity contribution in [3.05, 3.63) is 39.2 Å². The molecule has 0 spiro atoms. The molecule has 2 rings (SSSR count). The Balaban J connectivity index is 2.21. The predicted octanol–water partition coefficient (Wildman–Crippen LogP) is 2.66. The number of amides is 2. The van der Waals surface area contributed by atoms with Crippen LogP contribution in [0.1, 0.15) is 5.56 Å². The summed E-state index contributed by atoms with van der Waals surface area (Å²) in [4.78, 5) is 36.1. The lowest BCUT2D eigenvalue weighted by Gasteiger charge is -2.09. The van der Waals surface area contributed by atoms with Crippen LogP contribution in [0.15, 0.2) is 33.6 Å². The molecular formula is C13H10BrNO4S. The van der Waals surface area contributed by atoms with Crippen LogP contribution in [0.25, 0.3) is 6.08 Å². The van der Waals surface area contributed by atoms with Gasteiger partial charge in [0.05, 0.1) is 12.0 Å². The van der Waals surface area contributed by atoms with Gasteiger partial charge in [0.15, 0.2) is 0 Å². The van der Waals surface area contributed by atoms with Crippen molar-refractivity contribution in [2.75, 3.05) is 13.7 Å². The third-order valence-corrected chi connectivity index (χ3v) is 3.94. The van der Waals surface area contributed by atoms with E-state index in [4.69, 9.17) is 0 Å². The highest BCUT2D eigenvalue weighted by Crippen LogP contribution is 2.32. The fraction of sp³-hybridized carbons (Fsp3) is 0.154. The number of benzene rings is 1. The van der Waals surface area contributed by atoms with Gasteiger partial charge in [-0.3, -0.25) is 19.3 Å². The maximum Gasteiger partial charge on any atom is 0.325 e. The molecule has 7 heteroatoms. The zero-order valence-electron chi connectivity index (χ0n) is 10.5. The molecule has 1 aromatic rings. The topological polar surface area (TPSA) is 63.7 Å². The van der Waals surface area contributed by atoms with Crippen molar-refractivity contribution in [2.24, 2.45) is 0 Å². The first-order valence-corrected chi connectivity index (χ1v) is 7.20. The molecule has 0 bridgehead atoms. The lowest BCUT2D eigenvalue weighted by atomic mass is 10.2. The normalized spacial score (nSPS) is 16.9. The number of carbonyl (C=O) groups excluding carboxylic acids is 3. The van der Waals surface area contributed by atoms with E-state index in [2.05, 4.69) is 20.7 Å². The van der Waals surface area contributed by atoms with Crippen molar-refractivity contribution in [3.8, 4) is 0 Å². The van der Waals surface area contributed by atoms with E-state index in [0.29, 0.717) is 0 Å². The SMILES string of the molecule is COC(=O)CN1C(=O)S/C(=C\c2cccc(Br)c2)C1=O. The quantitative estimate of drug-likeness (QED) is 0.616. The number of nitrogens with zero attached hydrogens (tertiary/aromatic N) is 1. The van der Waals surface area contributed by atoms with Crippen LogP contribution in [-0.4, -0.2) is 35.7 Å². The van der Waals surface area contributed by atoms with Gasteiger partial charge in [0, 0.05) is 4.47 Å². The van der Waals surface area contributed by atoms with Crippen molar-refractivity contribution in [1.82, 2.24) is 4.90 Å². The first-order valence-electron chi connectivity index (χ1n) is 5.59. The molecule has 1 heterocycles. The minimum atomic E-state index is -0.629. The van der Waals surface area contributed by atoms with Crippen molar-refractivity contribution in [2.45, 2.75) is 0 Å². The van der Waals surface area contributed by atoms with E-state index < -0.39 is 17.1 Å². The van der Waals surface area contributed by atoms with E-state index >= 15 is 0 Å². The molecule has 104 valence electrons. The second-order valence-electron chi connectivity index (χ2n) is 3.90. The van der Waals surface area contributed by atoms with Crippen molar-refractivity contribution in [1.29, 1.82) is 0 Å². The number of imide groups is 1. The molecule has 0 aromatic heterocycles.